The Morgan fingerprint density at radius 2 is 2.10 bits per heavy atom. The van der Waals surface area contributed by atoms with Crippen molar-refractivity contribution in [2.45, 2.75) is 32.8 Å². The number of hydrogen-bond acceptors (Lipinski definition) is 4. The quantitative estimate of drug-likeness (QED) is 0.673. The third-order valence-corrected chi connectivity index (χ3v) is 3.51. The van der Waals surface area contributed by atoms with E-state index in [2.05, 4.69) is 24.5 Å². The lowest BCUT2D eigenvalue weighted by Gasteiger charge is -2.20. The molecular weight excluding hydrogens is 268 g/mol. The van der Waals surface area contributed by atoms with Gasteiger partial charge in [0.1, 0.15) is 5.75 Å². The van der Waals surface area contributed by atoms with Gasteiger partial charge in [-0.3, -0.25) is 4.79 Å². The van der Waals surface area contributed by atoms with Crippen LogP contribution in [0.25, 0.3) is 0 Å². The van der Waals surface area contributed by atoms with Crippen LogP contribution in [-0.4, -0.2) is 30.7 Å². The van der Waals surface area contributed by atoms with Gasteiger partial charge in [-0.15, -0.1) is 0 Å². The van der Waals surface area contributed by atoms with Crippen molar-refractivity contribution in [3.8, 4) is 5.75 Å². The minimum atomic E-state index is -0.541. The van der Waals surface area contributed by atoms with Gasteiger partial charge in [0.25, 0.3) is 5.91 Å². The molecule has 5 heteroatoms. The van der Waals surface area contributed by atoms with Gasteiger partial charge in [0.15, 0.2) is 6.61 Å². The Bertz CT molecular complexity index is 488. The fourth-order valence-electron chi connectivity index (χ4n) is 2.23. The van der Waals surface area contributed by atoms with E-state index in [4.69, 9.17) is 4.74 Å². The van der Waals surface area contributed by atoms with Crippen molar-refractivity contribution in [2.24, 2.45) is 5.92 Å². The maximum absolute atomic E-state index is 11.3. The highest BCUT2D eigenvalue weighted by Crippen LogP contribution is 2.31. The molecule has 0 saturated carbocycles. The molecule has 1 amide bonds. The maximum Gasteiger partial charge on any atom is 0.262 e. The number of amides is 1. The fourth-order valence-corrected chi connectivity index (χ4v) is 2.23. The third kappa shape index (κ3) is 4.72. The highest BCUT2D eigenvalue weighted by molar-refractivity contribution is 5.95. The van der Waals surface area contributed by atoms with Crippen molar-refractivity contribution in [2.75, 3.05) is 25.0 Å². The summed E-state index contributed by atoms with van der Waals surface area (Å²) in [6, 6.07) is 5.42. The molecule has 5 nitrogen and oxygen atoms in total. The van der Waals surface area contributed by atoms with Crippen LogP contribution in [0.4, 0.5) is 5.69 Å². The van der Waals surface area contributed by atoms with Crippen molar-refractivity contribution in [3.63, 3.8) is 0 Å². The minimum absolute atomic E-state index is 0.0503. The number of hydrogen-bond donors (Lipinski definition) is 3. The van der Waals surface area contributed by atoms with Crippen molar-refractivity contribution < 1.29 is 14.6 Å². The average molecular weight is 292 g/mol. The molecule has 21 heavy (non-hydrogen) atoms. The topological polar surface area (TPSA) is 70.6 Å². The van der Waals surface area contributed by atoms with E-state index >= 15 is 0 Å². The Labute approximate surface area is 125 Å². The molecule has 1 aromatic rings. The van der Waals surface area contributed by atoms with Crippen LogP contribution in [-0.2, 0) is 4.79 Å². The normalized spacial score (nSPS) is 15.3. The largest absolute Gasteiger partial charge is 0.482 e. The molecule has 1 heterocycles. The lowest BCUT2D eigenvalue weighted by Crippen LogP contribution is -2.25. The van der Waals surface area contributed by atoms with Gasteiger partial charge in [0, 0.05) is 0 Å². The van der Waals surface area contributed by atoms with Crippen LogP contribution in [0.5, 0.6) is 5.75 Å². The third-order valence-electron chi connectivity index (χ3n) is 3.51. The summed E-state index contributed by atoms with van der Waals surface area (Å²) in [6.07, 6.45) is 1.24. The predicted molar refractivity (Wildman–Crippen MR) is 82.5 cm³/mol. The van der Waals surface area contributed by atoms with Gasteiger partial charge in [-0.1, -0.05) is 19.9 Å². The van der Waals surface area contributed by atoms with Crippen molar-refractivity contribution in [1.82, 2.24) is 5.32 Å². The van der Waals surface area contributed by atoms with Gasteiger partial charge in [0.2, 0.25) is 0 Å². The van der Waals surface area contributed by atoms with E-state index < -0.39 is 6.10 Å². The highest BCUT2D eigenvalue weighted by Gasteiger charge is 2.17. The molecule has 1 aliphatic heterocycles. The monoisotopic (exact) mass is 292 g/mol. The molecule has 1 unspecified atom stereocenters. The number of nitrogens with one attached hydrogen (secondary N) is 2. The van der Waals surface area contributed by atoms with Crippen molar-refractivity contribution in [1.29, 1.82) is 0 Å². The lowest BCUT2D eigenvalue weighted by molar-refractivity contribution is -0.118. The molecule has 0 bridgehead atoms. The van der Waals surface area contributed by atoms with Crippen LogP contribution in [0.2, 0.25) is 0 Å². The molecule has 0 aromatic heterocycles. The van der Waals surface area contributed by atoms with Crippen LogP contribution in [0.1, 0.15) is 38.4 Å². The number of ether oxygens (including phenoxy) is 1. The number of benzene rings is 1. The smallest absolute Gasteiger partial charge is 0.262 e. The first kappa shape index (κ1) is 15.8. The number of aliphatic hydroxyl groups excluding tert-OH is 1. The zero-order chi connectivity index (χ0) is 15.2. The first-order valence-electron chi connectivity index (χ1n) is 7.51. The maximum atomic E-state index is 11.3. The second-order valence-corrected chi connectivity index (χ2v) is 5.83. The summed E-state index contributed by atoms with van der Waals surface area (Å²) in [5.74, 6) is 1.18. The van der Waals surface area contributed by atoms with E-state index in [-0.39, 0.29) is 12.5 Å². The minimum Gasteiger partial charge on any atom is -0.482 e. The Kier molecular flexibility index (Phi) is 5.59. The Hall–Kier alpha value is -1.59. The highest BCUT2D eigenvalue weighted by atomic mass is 16.5. The SMILES string of the molecule is CC(C)CCNCCC(O)c1ccc2c(c1)NC(=O)CO2. The molecule has 116 valence electrons. The van der Waals surface area contributed by atoms with Gasteiger partial charge < -0.3 is 20.5 Å². The Morgan fingerprint density at radius 3 is 2.86 bits per heavy atom. The molecule has 0 saturated heterocycles. The summed E-state index contributed by atoms with van der Waals surface area (Å²) in [5, 5.41) is 16.3. The molecule has 3 N–H and O–H groups in total. The molecule has 1 aromatic carbocycles. The molecule has 0 fully saturated rings. The van der Waals surface area contributed by atoms with Crippen molar-refractivity contribution in [3.05, 3.63) is 23.8 Å². The first-order valence-corrected chi connectivity index (χ1v) is 7.51. The molecular formula is C16H24N2O3. The van der Waals surface area contributed by atoms with Gasteiger partial charge in [-0.05, 0) is 49.5 Å². The van der Waals surface area contributed by atoms with Crippen LogP contribution in [0.15, 0.2) is 18.2 Å². The second-order valence-electron chi connectivity index (χ2n) is 5.83. The van der Waals surface area contributed by atoms with E-state index in [1.165, 1.54) is 0 Å². The summed E-state index contributed by atoms with van der Waals surface area (Å²) in [4.78, 5) is 11.3. The number of fused-ring (bicyclic) bond motifs is 1. The summed E-state index contributed by atoms with van der Waals surface area (Å²) in [7, 11) is 0. The standard InChI is InChI=1S/C16H24N2O3/c1-11(2)5-7-17-8-6-14(19)12-3-4-15-13(9-12)18-16(20)10-21-15/h3-4,9,11,14,17,19H,5-8,10H2,1-2H3,(H,18,20). The van der Waals surface area contributed by atoms with Gasteiger partial charge >= 0.3 is 0 Å². The summed E-state index contributed by atoms with van der Waals surface area (Å²) >= 11 is 0. The summed E-state index contributed by atoms with van der Waals surface area (Å²) < 4.78 is 5.30. The molecule has 0 radical (unpaired) electrons. The van der Waals surface area contributed by atoms with Gasteiger partial charge in [-0.2, -0.15) is 0 Å². The molecule has 1 atom stereocenters. The van der Waals surface area contributed by atoms with E-state index in [0.29, 0.717) is 23.8 Å². The zero-order valence-corrected chi connectivity index (χ0v) is 12.7. The molecule has 0 aliphatic carbocycles. The van der Waals surface area contributed by atoms with Crippen LogP contribution in [0.3, 0.4) is 0 Å². The van der Waals surface area contributed by atoms with Gasteiger partial charge in [-0.25, -0.2) is 0 Å². The first-order chi connectivity index (χ1) is 10.1. The van der Waals surface area contributed by atoms with E-state index in [1.807, 2.05) is 6.07 Å². The van der Waals surface area contributed by atoms with E-state index in [1.54, 1.807) is 12.1 Å². The van der Waals surface area contributed by atoms with Gasteiger partial charge in [0.05, 0.1) is 11.8 Å². The summed E-state index contributed by atoms with van der Waals surface area (Å²) in [6.45, 7) is 6.18. The predicted octanol–water partition coefficient (Wildman–Crippen LogP) is 2.08. The number of carbonyl (C=O) groups excluding carboxylic acids is 1. The number of anilines is 1. The van der Waals surface area contributed by atoms with Crippen LogP contribution in [0, 0.1) is 5.92 Å². The molecule has 0 spiro atoms. The van der Waals surface area contributed by atoms with Crippen molar-refractivity contribution >= 4 is 11.6 Å². The zero-order valence-electron chi connectivity index (χ0n) is 12.7. The summed E-state index contributed by atoms with van der Waals surface area (Å²) in [5.41, 5.74) is 1.43. The number of rotatable bonds is 7. The Balaban J connectivity index is 1.84. The van der Waals surface area contributed by atoms with Crippen LogP contribution < -0.4 is 15.4 Å². The van der Waals surface area contributed by atoms with Crippen LogP contribution >= 0.6 is 0 Å². The fraction of sp³-hybridized carbons (Fsp3) is 0.562. The number of carbonyl (C=O) groups is 1. The lowest BCUT2D eigenvalue weighted by atomic mass is 10.0. The Morgan fingerprint density at radius 1 is 1.33 bits per heavy atom. The molecule has 1 aliphatic rings. The second kappa shape index (κ2) is 7.43. The van der Waals surface area contributed by atoms with E-state index in [9.17, 15) is 9.90 Å². The number of aliphatic hydroxyl groups is 1. The molecule has 2 rings (SSSR count). The van der Waals surface area contributed by atoms with E-state index in [0.717, 1.165) is 25.1 Å². The average Bonchev–Trinajstić information content (AvgIpc) is 2.45.